The van der Waals surface area contributed by atoms with Gasteiger partial charge < -0.3 is 14.9 Å². The van der Waals surface area contributed by atoms with Gasteiger partial charge in [-0.1, -0.05) is 0 Å². The minimum absolute atomic E-state index is 0.108. The normalized spacial score (nSPS) is 30.7. The Hall–Kier alpha value is -1.99. The quantitative estimate of drug-likeness (QED) is 0.799. The SMILES string of the molecule is O=C(OC1C[C@@H]2[C@H](C1)C2(F)F)On1c(O)ccc1O. The van der Waals surface area contributed by atoms with Gasteiger partial charge in [-0.25, -0.2) is 13.6 Å². The van der Waals surface area contributed by atoms with Crippen molar-refractivity contribution in [3.63, 3.8) is 0 Å². The minimum Gasteiger partial charge on any atom is -0.492 e. The molecule has 0 aliphatic heterocycles. The second kappa shape index (κ2) is 3.75. The summed E-state index contributed by atoms with van der Waals surface area (Å²) in [6.45, 7) is 0. The molecule has 1 unspecified atom stereocenters. The second-order valence-corrected chi connectivity index (χ2v) is 4.78. The largest absolute Gasteiger partial charge is 0.534 e. The summed E-state index contributed by atoms with van der Waals surface area (Å²) in [5.41, 5.74) is 0. The standard InChI is InChI=1S/C11H11F2NO5/c12-11(13)6-3-5(4-7(6)11)18-10(17)19-14-8(15)1-2-9(14)16/h1-2,5-7,15-16H,3-4H2/t5?,6-,7+. The highest BCUT2D eigenvalue weighted by Gasteiger charge is 2.72. The third kappa shape index (κ3) is 1.87. The fourth-order valence-electron chi connectivity index (χ4n) is 2.59. The third-order valence-corrected chi connectivity index (χ3v) is 3.63. The predicted octanol–water partition coefficient (Wildman–Crippen LogP) is 1.51. The number of alkyl halides is 2. The van der Waals surface area contributed by atoms with Crippen LogP contribution in [0, 0.1) is 11.8 Å². The number of hydrogen-bond donors (Lipinski definition) is 2. The van der Waals surface area contributed by atoms with E-state index in [9.17, 15) is 23.8 Å². The molecule has 1 heterocycles. The molecule has 2 aliphatic rings. The molecular weight excluding hydrogens is 264 g/mol. The molecule has 19 heavy (non-hydrogen) atoms. The van der Waals surface area contributed by atoms with Crippen molar-refractivity contribution < 1.29 is 33.4 Å². The molecule has 3 rings (SSSR count). The van der Waals surface area contributed by atoms with E-state index < -0.39 is 41.8 Å². The Labute approximate surface area is 106 Å². The average Bonchev–Trinajstić information content (AvgIpc) is 2.74. The Morgan fingerprint density at radius 1 is 1.26 bits per heavy atom. The monoisotopic (exact) mass is 275 g/mol. The second-order valence-electron chi connectivity index (χ2n) is 4.78. The van der Waals surface area contributed by atoms with E-state index in [-0.39, 0.29) is 12.8 Å². The van der Waals surface area contributed by atoms with Crippen molar-refractivity contribution in [2.45, 2.75) is 24.9 Å². The number of aromatic hydroxyl groups is 2. The lowest BCUT2D eigenvalue weighted by Gasteiger charge is -2.15. The van der Waals surface area contributed by atoms with Gasteiger partial charge in [-0.05, 0) is 12.8 Å². The number of rotatable bonds is 2. The number of carbonyl (C=O) groups is 1. The van der Waals surface area contributed by atoms with E-state index in [1.54, 1.807) is 0 Å². The number of nitrogens with zero attached hydrogens (tertiary/aromatic N) is 1. The summed E-state index contributed by atoms with van der Waals surface area (Å²) in [7, 11) is 0. The van der Waals surface area contributed by atoms with Gasteiger partial charge in [-0.3, -0.25) is 4.84 Å². The zero-order valence-corrected chi connectivity index (χ0v) is 9.62. The molecule has 2 saturated carbocycles. The number of ether oxygens (including phenoxy) is 1. The van der Waals surface area contributed by atoms with E-state index in [1.165, 1.54) is 0 Å². The van der Waals surface area contributed by atoms with Crippen LogP contribution in [-0.2, 0) is 4.74 Å². The van der Waals surface area contributed by atoms with Crippen molar-refractivity contribution >= 4 is 6.16 Å². The van der Waals surface area contributed by atoms with Gasteiger partial charge in [0.1, 0.15) is 6.10 Å². The lowest BCUT2D eigenvalue weighted by atomic mass is 10.2. The summed E-state index contributed by atoms with van der Waals surface area (Å²) >= 11 is 0. The lowest BCUT2D eigenvalue weighted by Crippen LogP contribution is -2.26. The highest BCUT2D eigenvalue weighted by Crippen LogP contribution is 2.64. The summed E-state index contributed by atoms with van der Waals surface area (Å²) < 4.78 is 31.2. The van der Waals surface area contributed by atoms with Crippen molar-refractivity contribution in [3.8, 4) is 11.8 Å². The topological polar surface area (TPSA) is 80.9 Å². The molecule has 0 aromatic carbocycles. The number of fused-ring (bicyclic) bond motifs is 1. The van der Waals surface area contributed by atoms with E-state index in [0.717, 1.165) is 12.1 Å². The molecule has 0 radical (unpaired) electrons. The molecule has 8 heteroatoms. The molecule has 0 spiro atoms. The maximum atomic E-state index is 12.9. The maximum Gasteiger partial charge on any atom is 0.534 e. The van der Waals surface area contributed by atoms with E-state index in [2.05, 4.69) is 4.84 Å². The maximum absolute atomic E-state index is 12.9. The lowest BCUT2D eigenvalue weighted by molar-refractivity contribution is -0.0103. The van der Waals surface area contributed by atoms with Gasteiger partial charge in [0.2, 0.25) is 11.8 Å². The summed E-state index contributed by atoms with van der Waals surface area (Å²) in [5.74, 6) is -5.00. The first-order valence-corrected chi connectivity index (χ1v) is 5.76. The fourth-order valence-corrected chi connectivity index (χ4v) is 2.59. The molecule has 0 amide bonds. The highest BCUT2D eigenvalue weighted by molar-refractivity contribution is 5.61. The Bertz CT molecular complexity index is 496. The first-order valence-electron chi connectivity index (χ1n) is 5.76. The average molecular weight is 275 g/mol. The van der Waals surface area contributed by atoms with E-state index in [4.69, 9.17) is 4.74 Å². The summed E-state index contributed by atoms with van der Waals surface area (Å²) in [5, 5.41) is 18.5. The van der Waals surface area contributed by atoms with Gasteiger partial charge in [0.25, 0.3) is 5.92 Å². The Morgan fingerprint density at radius 2 is 1.79 bits per heavy atom. The fraction of sp³-hybridized carbons (Fsp3) is 0.545. The van der Waals surface area contributed by atoms with Crippen LogP contribution in [0.25, 0.3) is 0 Å². The van der Waals surface area contributed by atoms with Gasteiger partial charge >= 0.3 is 6.16 Å². The number of halogens is 2. The van der Waals surface area contributed by atoms with E-state index in [0.29, 0.717) is 4.73 Å². The Morgan fingerprint density at radius 3 is 2.32 bits per heavy atom. The molecule has 2 aliphatic carbocycles. The van der Waals surface area contributed by atoms with Gasteiger partial charge in [0.05, 0.1) is 0 Å². The summed E-state index contributed by atoms with van der Waals surface area (Å²) in [6, 6.07) is 2.24. The molecule has 6 nitrogen and oxygen atoms in total. The molecule has 1 aromatic heterocycles. The first-order chi connectivity index (χ1) is 8.89. The molecule has 0 saturated heterocycles. The Kier molecular flexibility index (Phi) is 2.38. The number of carbonyl (C=O) groups excluding carboxylic acids is 1. The van der Waals surface area contributed by atoms with E-state index >= 15 is 0 Å². The predicted molar refractivity (Wildman–Crippen MR) is 55.8 cm³/mol. The number of hydrogen-bond acceptors (Lipinski definition) is 5. The van der Waals surface area contributed by atoms with E-state index in [1.807, 2.05) is 0 Å². The van der Waals surface area contributed by atoms with Crippen LogP contribution >= 0.6 is 0 Å². The van der Waals surface area contributed by atoms with Crippen molar-refractivity contribution in [1.82, 2.24) is 4.73 Å². The summed E-state index contributed by atoms with van der Waals surface area (Å²) in [4.78, 5) is 15.9. The van der Waals surface area contributed by atoms with Crippen LogP contribution in [0.2, 0.25) is 0 Å². The van der Waals surface area contributed by atoms with Crippen LogP contribution < -0.4 is 4.84 Å². The third-order valence-electron chi connectivity index (χ3n) is 3.63. The molecule has 104 valence electrons. The van der Waals surface area contributed by atoms with Gasteiger partial charge in [0.15, 0.2) is 0 Å². The highest BCUT2D eigenvalue weighted by atomic mass is 19.3. The van der Waals surface area contributed by atoms with Gasteiger partial charge in [0, 0.05) is 24.0 Å². The molecule has 0 bridgehead atoms. The van der Waals surface area contributed by atoms with Crippen LogP contribution in [0.1, 0.15) is 12.8 Å². The molecular formula is C11H11F2NO5. The van der Waals surface area contributed by atoms with Gasteiger partial charge in [-0.15, -0.1) is 4.73 Å². The minimum atomic E-state index is -2.62. The van der Waals surface area contributed by atoms with Crippen LogP contribution in [0.5, 0.6) is 11.8 Å². The molecule has 3 atom stereocenters. The smallest absolute Gasteiger partial charge is 0.492 e. The zero-order valence-electron chi connectivity index (χ0n) is 9.62. The van der Waals surface area contributed by atoms with Crippen LogP contribution in [0.15, 0.2) is 12.1 Å². The molecule has 1 aromatic rings. The molecule has 2 fully saturated rings. The zero-order chi connectivity index (χ0) is 13.8. The first kappa shape index (κ1) is 12.1. The van der Waals surface area contributed by atoms with Crippen molar-refractivity contribution in [1.29, 1.82) is 0 Å². The van der Waals surface area contributed by atoms with Crippen LogP contribution in [-0.4, -0.2) is 33.1 Å². The van der Waals surface area contributed by atoms with Crippen LogP contribution in [0.4, 0.5) is 13.6 Å². The van der Waals surface area contributed by atoms with Crippen LogP contribution in [0.3, 0.4) is 0 Å². The van der Waals surface area contributed by atoms with Crippen molar-refractivity contribution in [2.24, 2.45) is 11.8 Å². The number of aromatic nitrogens is 1. The molecule has 2 N–H and O–H groups in total. The van der Waals surface area contributed by atoms with Gasteiger partial charge in [-0.2, -0.15) is 0 Å². The Balaban J connectivity index is 1.54. The van der Waals surface area contributed by atoms with Crippen molar-refractivity contribution in [2.75, 3.05) is 0 Å². The summed E-state index contributed by atoms with van der Waals surface area (Å²) in [6.07, 6.45) is -1.55. The van der Waals surface area contributed by atoms with Crippen molar-refractivity contribution in [3.05, 3.63) is 12.1 Å².